The number of aryl methyl sites for hydroxylation is 1. The lowest BCUT2D eigenvalue weighted by molar-refractivity contribution is -0.123. The van der Waals surface area contributed by atoms with Crippen LogP contribution in [0.4, 0.5) is 5.69 Å². The highest BCUT2D eigenvalue weighted by Crippen LogP contribution is 2.20. The molecule has 0 saturated heterocycles. The SMILES string of the molecule is Cc1cccnc1CNC(=O)c1ccccc1NC(=O)C(C)(C)C. The van der Waals surface area contributed by atoms with Gasteiger partial charge < -0.3 is 10.6 Å². The number of carbonyl (C=O) groups excluding carboxylic acids is 2. The first-order chi connectivity index (χ1) is 11.3. The molecule has 0 unspecified atom stereocenters. The fourth-order valence-electron chi connectivity index (χ4n) is 2.06. The second kappa shape index (κ2) is 7.25. The topological polar surface area (TPSA) is 71.1 Å². The van der Waals surface area contributed by atoms with Crippen molar-refractivity contribution in [1.82, 2.24) is 10.3 Å². The van der Waals surface area contributed by atoms with Gasteiger partial charge in [0.25, 0.3) is 5.91 Å². The van der Waals surface area contributed by atoms with Crippen molar-refractivity contribution in [2.75, 3.05) is 5.32 Å². The molecule has 0 saturated carbocycles. The van der Waals surface area contributed by atoms with E-state index in [0.717, 1.165) is 11.3 Å². The second-order valence-electron chi connectivity index (χ2n) is 6.70. The Hall–Kier alpha value is -2.69. The summed E-state index contributed by atoms with van der Waals surface area (Å²) >= 11 is 0. The van der Waals surface area contributed by atoms with Gasteiger partial charge in [0.15, 0.2) is 0 Å². The number of nitrogens with zero attached hydrogens (tertiary/aromatic N) is 1. The predicted octanol–water partition coefficient (Wildman–Crippen LogP) is 3.30. The van der Waals surface area contributed by atoms with Crippen LogP contribution in [0.2, 0.25) is 0 Å². The number of amides is 2. The van der Waals surface area contributed by atoms with Crippen molar-refractivity contribution in [3.8, 4) is 0 Å². The number of hydrogen-bond acceptors (Lipinski definition) is 3. The van der Waals surface area contributed by atoms with E-state index in [-0.39, 0.29) is 11.8 Å². The molecule has 5 nitrogen and oxygen atoms in total. The molecule has 2 N–H and O–H groups in total. The van der Waals surface area contributed by atoms with Gasteiger partial charge in [-0.05, 0) is 30.7 Å². The molecule has 126 valence electrons. The smallest absolute Gasteiger partial charge is 0.253 e. The fourth-order valence-corrected chi connectivity index (χ4v) is 2.06. The van der Waals surface area contributed by atoms with Gasteiger partial charge >= 0.3 is 0 Å². The lowest BCUT2D eigenvalue weighted by atomic mass is 9.95. The minimum Gasteiger partial charge on any atom is -0.346 e. The Morgan fingerprint density at radius 1 is 1.08 bits per heavy atom. The first-order valence-corrected chi connectivity index (χ1v) is 7.88. The minimum absolute atomic E-state index is 0.136. The number of pyridine rings is 1. The third-order valence-electron chi connectivity index (χ3n) is 3.64. The quantitative estimate of drug-likeness (QED) is 0.906. The van der Waals surface area contributed by atoms with Gasteiger partial charge in [0.1, 0.15) is 0 Å². The Labute approximate surface area is 142 Å². The number of nitrogens with one attached hydrogen (secondary N) is 2. The minimum atomic E-state index is -0.533. The Balaban J connectivity index is 2.12. The summed E-state index contributed by atoms with van der Waals surface area (Å²) < 4.78 is 0. The highest BCUT2D eigenvalue weighted by atomic mass is 16.2. The van der Waals surface area contributed by atoms with Crippen LogP contribution in [0.5, 0.6) is 0 Å². The van der Waals surface area contributed by atoms with Crippen molar-refractivity contribution in [3.63, 3.8) is 0 Å². The number of carbonyl (C=O) groups is 2. The Kier molecular flexibility index (Phi) is 5.34. The highest BCUT2D eigenvalue weighted by Gasteiger charge is 2.23. The molecule has 0 spiro atoms. The fraction of sp³-hybridized carbons (Fsp3) is 0.316. The van der Waals surface area contributed by atoms with Crippen molar-refractivity contribution in [2.24, 2.45) is 5.41 Å². The number of rotatable bonds is 4. The van der Waals surface area contributed by atoms with Crippen LogP contribution in [-0.2, 0) is 11.3 Å². The van der Waals surface area contributed by atoms with Crippen LogP contribution < -0.4 is 10.6 Å². The lowest BCUT2D eigenvalue weighted by Gasteiger charge is -2.19. The Morgan fingerprint density at radius 2 is 1.79 bits per heavy atom. The van der Waals surface area contributed by atoms with E-state index < -0.39 is 5.41 Å². The van der Waals surface area contributed by atoms with Gasteiger partial charge in [0.05, 0.1) is 23.5 Å². The average Bonchev–Trinajstić information content (AvgIpc) is 2.53. The van der Waals surface area contributed by atoms with E-state index in [4.69, 9.17) is 0 Å². The van der Waals surface area contributed by atoms with E-state index in [1.807, 2.05) is 39.8 Å². The number of para-hydroxylation sites is 1. The predicted molar refractivity (Wildman–Crippen MR) is 94.7 cm³/mol. The molecule has 1 heterocycles. The number of hydrogen-bond donors (Lipinski definition) is 2. The van der Waals surface area contributed by atoms with Crippen LogP contribution in [0.15, 0.2) is 42.6 Å². The molecule has 0 bridgehead atoms. The molecule has 2 aromatic rings. The maximum absolute atomic E-state index is 12.5. The normalized spacial score (nSPS) is 11.0. The third-order valence-corrected chi connectivity index (χ3v) is 3.64. The molecule has 0 aliphatic carbocycles. The summed E-state index contributed by atoms with van der Waals surface area (Å²) in [5.74, 6) is -0.381. The molecule has 2 amide bonds. The molecular weight excluding hydrogens is 302 g/mol. The van der Waals surface area contributed by atoms with Crippen LogP contribution in [-0.4, -0.2) is 16.8 Å². The summed E-state index contributed by atoms with van der Waals surface area (Å²) in [6.45, 7) is 7.78. The first kappa shape index (κ1) is 17.7. The largest absolute Gasteiger partial charge is 0.346 e. The lowest BCUT2D eigenvalue weighted by Crippen LogP contribution is -2.30. The maximum Gasteiger partial charge on any atom is 0.253 e. The molecule has 0 aliphatic rings. The van der Waals surface area contributed by atoms with Crippen molar-refractivity contribution in [1.29, 1.82) is 0 Å². The van der Waals surface area contributed by atoms with E-state index in [2.05, 4.69) is 15.6 Å². The van der Waals surface area contributed by atoms with Gasteiger partial charge in [-0.2, -0.15) is 0 Å². The van der Waals surface area contributed by atoms with Crippen LogP contribution in [0, 0.1) is 12.3 Å². The molecule has 2 rings (SSSR count). The third kappa shape index (κ3) is 4.41. The standard InChI is InChI=1S/C19H23N3O2/c1-13-8-7-11-20-16(13)12-21-17(23)14-9-5-6-10-15(14)22-18(24)19(2,3)4/h5-11H,12H2,1-4H3,(H,21,23)(H,22,24). The zero-order chi connectivity index (χ0) is 17.7. The summed E-state index contributed by atoms with van der Waals surface area (Å²) in [7, 11) is 0. The maximum atomic E-state index is 12.5. The summed E-state index contributed by atoms with van der Waals surface area (Å²) in [6.07, 6.45) is 1.70. The van der Waals surface area contributed by atoms with Crippen molar-refractivity contribution >= 4 is 17.5 Å². The summed E-state index contributed by atoms with van der Waals surface area (Å²) in [4.78, 5) is 28.9. The summed E-state index contributed by atoms with van der Waals surface area (Å²) in [5.41, 5.74) is 2.25. The van der Waals surface area contributed by atoms with E-state index >= 15 is 0 Å². The summed E-state index contributed by atoms with van der Waals surface area (Å²) in [6, 6.07) is 10.8. The van der Waals surface area contributed by atoms with Gasteiger partial charge in [-0.25, -0.2) is 0 Å². The van der Waals surface area contributed by atoms with Gasteiger partial charge in [-0.3, -0.25) is 14.6 Å². The Morgan fingerprint density at radius 3 is 2.46 bits per heavy atom. The van der Waals surface area contributed by atoms with E-state index in [1.54, 1.807) is 30.5 Å². The number of anilines is 1. The van der Waals surface area contributed by atoms with Gasteiger partial charge in [-0.1, -0.05) is 39.0 Å². The van der Waals surface area contributed by atoms with Gasteiger partial charge in [0.2, 0.25) is 5.91 Å². The van der Waals surface area contributed by atoms with Crippen molar-refractivity contribution in [3.05, 3.63) is 59.4 Å². The van der Waals surface area contributed by atoms with Crippen LogP contribution in [0.1, 0.15) is 42.4 Å². The number of benzene rings is 1. The molecule has 1 aromatic carbocycles. The Bertz CT molecular complexity index is 748. The van der Waals surface area contributed by atoms with Gasteiger partial charge in [-0.15, -0.1) is 0 Å². The van der Waals surface area contributed by atoms with Crippen LogP contribution in [0.25, 0.3) is 0 Å². The molecule has 5 heteroatoms. The molecule has 0 atom stereocenters. The van der Waals surface area contributed by atoms with E-state index in [0.29, 0.717) is 17.8 Å². The van der Waals surface area contributed by atoms with Gasteiger partial charge in [0, 0.05) is 11.6 Å². The van der Waals surface area contributed by atoms with Crippen molar-refractivity contribution in [2.45, 2.75) is 34.2 Å². The molecule has 0 radical (unpaired) electrons. The number of aromatic nitrogens is 1. The van der Waals surface area contributed by atoms with E-state index in [9.17, 15) is 9.59 Å². The van der Waals surface area contributed by atoms with E-state index in [1.165, 1.54) is 0 Å². The monoisotopic (exact) mass is 325 g/mol. The highest BCUT2D eigenvalue weighted by molar-refractivity contribution is 6.04. The zero-order valence-electron chi connectivity index (χ0n) is 14.5. The summed E-state index contributed by atoms with van der Waals surface area (Å²) in [5, 5.41) is 5.68. The zero-order valence-corrected chi connectivity index (χ0v) is 14.5. The van der Waals surface area contributed by atoms with Crippen LogP contribution >= 0.6 is 0 Å². The first-order valence-electron chi connectivity index (χ1n) is 7.88. The van der Waals surface area contributed by atoms with Crippen molar-refractivity contribution < 1.29 is 9.59 Å². The molecule has 0 fully saturated rings. The molecule has 0 aliphatic heterocycles. The van der Waals surface area contributed by atoms with Crippen LogP contribution in [0.3, 0.4) is 0 Å². The average molecular weight is 325 g/mol. The second-order valence-corrected chi connectivity index (χ2v) is 6.70. The molecule has 1 aromatic heterocycles. The molecular formula is C19H23N3O2. The molecule has 24 heavy (non-hydrogen) atoms.